The maximum absolute atomic E-state index is 12.5. The molecule has 2 amide bonds. The lowest BCUT2D eigenvalue weighted by molar-refractivity contribution is -0.126. The summed E-state index contributed by atoms with van der Waals surface area (Å²) in [5.74, 6) is 0.191. The Balaban J connectivity index is 1.66. The third-order valence-electron chi connectivity index (χ3n) is 4.67. The first kappa shape index (κ1) is 18.0. The van der Waals surface area contributed by atoms with Gasteiger partial charge in [-0.1, -0.05) is 36.4 Å². The Bertz CT molecular complexity index is 803. The van der Waals surface area contributed by atoms with Crippen molar-refractivity contribution in [2.24, 2.45) is 5.92 Å². The Morgan fingerprint density at radius 3 is 2.69 bits per heavy atom. The lowest BCUT2D eigenvalue weighted by Crippen LogP contribution is -2.32. The molecule has 0 bridgehead atoms. The van der Waals surface area contributed by atoms with Crippen LogP contribution in [0.1, 0.15) is 24.5 Å². The molecule has 5 heteroatoms. The van der Waals surface area contributed by atoms with E-state index in [9.17, 15) is 9.59 Å². The zero-order valence-electron chi connectivity index (χ0n) is 15.2. The second kappa shape index (κ2) is 8.04. The van der Waals surface area contributed by atoms with E-state index in [1.165, 1.54) is 0 Å². The number of aryl methyl sites for hydroxylation is 1. The summed E-state index contributed by atoms with van der Waals surface area (Å²) in [4.78, 5) is 26.7. The van der Waals surface area contributed by atoms with E-state index in [0.717, 1.165) is 16.8 Å². The highest BCUT2D eigenvalue weighted by atomic mass is 16.5. The average molecular weight is 352 g/mol. The number of ether oxygens (including phenoxy) is 1. The summed E-state index contributed by atoms with van der Waals surface area (Å²) in [5, 5.41) is 2.96. The molecule has 1 fully saturated rings. The van der Waals surface area contributed by atoms with E-state index < -0.39 is 0 Å². The number of hydrogen-bond donors (Lipinski definition) is 1. The molecule has 1 heterocycles. The zero-order chi connectivity index (χ0) is 18.5. The number of para-hydroxylation sites is 2. The summed E-state index contributed by atoms with van der Waals surface area (Å²) in [6.45, 7) is 5.31. The maximum Gasteiger partial charge on any atom is 0.227 e. The first-order valence-electron chi connectivity index (χ1n) is 8.94. The standard InChI is InChI=1S/C21H24N2O3/c1-3-26-19-11-7-6-10-18(19)23-14-17(12-20(23)24)21(25)22-13-16-9-5-4-8-15(16)2/h4-11,17H,3,12-14H2,1-2H3,(H,22,25)/t17-/m1/s1. The van der Waals surface area contributed by atoms with Crippen LogP contribution in [0.25, 0.3) is 0 Å². The van der Waals surface area contributed by atoms with Gasteiger partial charge < -0.3 is 15.0 Å². The van der Waals surface area contributed by atoms with Crippen molar-refractivity contribution in [2.45, 2.75) is 26.8 Å². The number of carbonyl (C=O) groups excluding carboxylic acids is 2. The monoisotopic (exact) mass is 352 g/mol. The summed E-state index contributed by atoms with van der Waals surface area (Å²) in [5.41, 5.74) is 2.96. The molecule has 1 N–H and O–H groups in total. The first-order valence-corrected chi connectivity index (χ1v) is 8.94. The molecule has 136 valence electrons. The van der Waals surface area contributed by atoms with Crippen LogP contribution in [0.3, 0.4) is 0 Å². The molecule has 0 unspecified atom stereocenters. The van der Waals surface area contributed by atoms with Crippen molar-refractivity contribution in [2.75, 3.05) is 18.1 Å². The number of benzene rings is 2. The van der Waals surface area contributed by atoms with Gasteiger partial charge in [-0.25, -0.2) is 0 Å². The van der Waals surface area contributed by atoms with Crippen LogP contribution >= 0.6 is 0 Å². The van der Waals surface area contributed by atoms with E-state index >= 15 is 0 Å². The number of amides is 2. The quantitative estimate of drug-likeness (QED) is 0.869. The van der Waals surface area contributed by atoms with Gasteiger partial charge in [0.15, 0.2) is 0 Å². The summed E-state index contributed by atoms with van der Waals surface area (Å²) in [6.07, 6.45) is 0.222. The fourth-order valence-corrected chi connectivity index (χ4v) is 3.21. The highest BCUT2D eigenvalue weighted by Gasteiger charge is 2.36. The average Bonchev–Trinajstić information content (AvgIpc) is 3.03. The predicted molar refractivity (Wildman–Crippen MR) is 101 cm³/mol. The molecule has 0 aliphatic carbocycles. The molecule has 0 aromatic heterocycles. The van der Waals surface area contributed by atoms with Crippen molar-refractivity contribution in [3.05, 3.63) is 59.7 Å². The number of rotatable bonds is 6. The summed E-state index contributed by atoms with van der Waals surface area (Å²) >= 11 is 0. The number of anilines is 1. The van der Waals surface area contributed by atoms with Crippen LogP contribution in [-0.2, 0) is 16.1 Å². The molecule has 1 aliphatic heterocycles. The van der Waals surface area contributed by atoms with E-state index in [-0.39, 0.29) is 24.2 Å². The molecule has 2 aromatic rings. The predicted octanol–water partition coefficient (Wildman–Crippen LogP) is 3.06. The lowest BCUT2D eigenvalue weighted by atomic mass is 10.1. The van der Waals surface area contributed by atoms with Crippen molar-refractivity contribution >= 4 is 17.5 Å². The van der Waals surface area contributed by atoms with Crippen LogP contribution in [0.15, 0.2) is 48.5 Å². The molecule has 26 heavy (non-hydrogen) atoms. The molecule has 1 atom stereocenters. The third-order valence-corrected chi connectivity index (χ3v) is 4.67. The zero-order valence-corrected chi connectivity index (χ0v) is 15.2. The summed E-state index contributed by atoms with van der Waals surface area (Å²) < 4.78 is 5.62. The van der Waals surface area contributed by atoms with Crippen LogP contribution in [0.5, 0.6) is 5.75 Å². The fourth-order valence-electron chi connectivity index (χ4n) is 3.21. The highest BCUT2D eigenvalue weighted by Crippen LogP contribution is 2.33. The van der Waals surface area contributed by atoms with Crippen molar-refractivity contribution in [1.82, 2.24) is 5.32 Å². The van der Waals surface area contributed by atoms with Gasteiger partial charge in [0.2, 0.25) is 11.8 Å². The van der Waals surface area contributed by atoms with Gasteiger partial charge in [0.25, 0.3) is 0 Å². The van der Waals surface area contributed by atoms with Crippen LogP contribution in [0.4, 0.5) is 5.69 Å². The van der Waals surface area contributed by atoms with Crippen LogP contribution in [0.2, 0.25) is 0 Å². The minimum absolute atomic E-state index is 0.0480. The Kier molecular flexibility index (Phi) is 5.56. The molecule has 1 saturated heterocycles. The van der Waals surface area contributed by atoms with Gasteiger partial charge in [-0.15, -0.1) is 0 Å². The van der Waals surface area contributed by atoms with Crippen molar-refractivity contribution in [1.29, 1.82) is 0 Å². The molecular formula is C21H24N2O3. The third kappa shape index (κ3) is 3.87. The minimum Gasteiger partial charge on any atom is -0.492 e. The molecule has 5 nitrogen and oxygen atoms in total. The number of hydrogen-bond acceptors (Lipinski definition) is 3. The Morgan fingerprint density at radius 1 is 1.19 bits per heavy atom. The smallest absolute Gasteiger partial charge is 0.227 e. The Labute approximate surface area is 154 Å². The van der Waals surface area contributed by atoms with Gasteiger partial charge >= 0.3 is 0 Å². The van der Waals surface area contributed by atoms with E-state index in [4.69, 9.17) is 4.74 Å². The van der Waals surface area contributed by atoms with Crippen molar-refractivity contribution in [3.63, 3.8) is 0 Å². The second-order valence-electron chi connectivity index (χ2n) is 6.45. The van der Waals surface area contributed by atoms with Gasteiger partial charge in [-0.3, -0.25) is 9.59 Å². The molecule has 3 rings (SSSR count). The summed E-state index contributed by atoms with van der Waals surface area (Å²) in [7, 11) is 0. The van der Waals surface area contributed by atoms with E-state index in [0.29, 0.717) is 25.4 Å². The summed E-state index contributed by atoms with van der Waals surface area (Å²) in [6, 6.07) is 15.4. The normalized spacial score (nSPS) is 16.6. The van der Waals surface area contributed by atoms with E-state index in [2.05, 4.69) is 5.32 Å². The van der Waals surface area contributed by atoms with Crippen LogP contribution < -0.4 is 15.0 Å². The molecule has 0 radical (unpaired) electrons. The fraction of sp³-hybridized carbons (Fsp3) is 0.333. The molecule has 1 aliphatic rings. The van der Waals surface area contributed by atoms with Gasteiger partial charge in [-0.05, 0) is 37.1 Å². The molecule has 0 spiro atoms. The second-order valence-corrected chi connectivity index (χ2v) is 6.45. The molecular weight excluding hydrogens is 328 g/mol. The van der Waals surface area contributed by atoms with Crippen molar-refractivity contribution < 1.29 is 14.3 Å². The highest BCUT2D eigenvalue weighted by molar-refractivity contribution is 6.01. The van der Waals surface area contributed by atoms with Crippen molar-refractivity contribution in [3.8, 4) is 5.75 Å². The number of carbonyl (C=O) groups is 2. The van der Waals surface area contributed by atoms with Gasteiger partial charge in [0.05, 0.1) is 18.2 Å². The largest absolute Gasteiger partial charge is 0.492 e. The number of nitrogens with one attached hydrogen (secondary N) is 1. The Hall–Kier alpha value is -2.82. The SMILES string of the molecule is CCOc1ccccc1N1C[C@H](C(=O)NCc2ccccc2C)CC1=O. The van der Waals surface area contributed by atoms with E-state index in [1.807, 2.05) is 62.4 Å². The lowest BCUT2D eigenvalue weighted by Gasteiger charge is -2.20. The van der Waals surface area contributed by atoms with Gasteiger partial charge in [0.1, 0.15) is 5.75 Å². The first-order chi connectivity index (χ1) is 12.6. The topological polar surface area (TPSA) is 58.6 Å². The molecule has 0 saturated carbocycles. The van der Waals surface area contributed by atoms with E-state index in [1.54, 1.807) is 4.90 Å². The number of nitrogens with zero attached hydrogens (tertiary/aromatic N) is 1. The maximum atomic E-state index is 12.5. The van der Waals surface area contributed by atoms with Crippen LogP contribution in [-0.4, -0.2) is 25.0 Å². The minimum atomic E-state index is -0.346. The van der Waals surface area contributed by atoms with Crippen LogP contribution in [0, 0.1) is 12.8 Å². The van der Waals surface area contributed by atoms with Gasteiger partial charge in [0, 0.05) is 19.5 Å². The Morgan fingerprint density at radius 2 is 1.92 bits per heavy atom. The van der Waals surface area contributed by atoms with Gasteiger partial charge in [-0.2, -0.15) is 0 Å². The molecule has 2 aromatic carbocycles.